The summed E-state index contributed by atoms with van der Waals surface area (Å²) in [5.41, 5.74) is 0. The van der Waals surface area contributed by atoms with Gasteiger partial charge in [-0.25, -0.2) is 9.13 Å². The summed E-state index contributed by atoms with van der Waals surface area (Å²) in [7, 11) is -10.00. The Kier molecular flexibility index (Phi) is 70.1. The molecule has 0 amide bonds. The van der Waals surface area contributed by atoms with Crippen LogP contribution in [0.5, 0.6) is 0 Å². The number of phosphoric acid groups is 2. The fourth-order valence-corrected chi connectivity index (χ4v) is 11.2. The summed E-state index contributed by atoms with van der Waals surface area (Å²) in [5, 5.41) is 10.6. The van der Waals surface area contributed by atoms with Crippen molar-refractivity contribution in [2.24, 2.45) is 0 Å². The standard InChI is InChI=1S/C83H136O17P2/c1-5-9-13-17-21-25-29-33-37-38-42-44-48-52-56-60-64-68-81(86)94-74-79(100-83(88)70-66-62-58-54-50-46-41-36-32-28-24-20-16-12-8-4)76-98-102(91,92)96-72-77(84)71-95-101(89,90)97-75-78(99-82(87)69-65-61-57-53-49-45-40-35-31-27-23-19-15-11-7-3)73-93-80(85)67-63-59-55-51-47-43-39-34-30-26-22-18-14-10-6-2/h9-10,12-14,16,21-28,33-37,39-41,47,50-51,54,77-79,84H,5-8,11,15,17-20,29-32,38,42-46,48-49,52-53,55-76H2,1-4H3,(H,89,90)(H,91,92)/b13-9-,14-10-,16-12-,25-21-,26-22-,27-23-,28-24-,37-33-,39-34-,40-35-,41-36-,51-47-,54-50-. The summed E-state index contributed by atoms with van der Waals surface area (Å²) in [4.78, 5) is 72.9. The molecule has 0 radical (unpaired) electrons. The second-order valence-corrected chi connectivity index (χ2v) is 28.1. The highest BCUT2D eigenvalue weighted by Crippen LogP contribution is 2.45. The maximum absolute atomic E-state index is 13.1. The number of esters is 4. The first-order valence-corrected chi connectivity index (χ1v) is 41.7. The largest absolute Gasteiger partial charge is 0.472 e. The van der Waals surface area contributed by atoms with E-state index in [1.807, 2.05) is 0 Å². The van der Waals surface area contributed by atoms with E-state index < -0.39 is 97.5 Å². The topological polar surface area (TPSA) is 237 Å². The highest BCUT2D eigenvalue weighted by Gasteiger charge is 2.30. The van der Waals surface area contributed by atoms with Crippen LogP contribution in [0.3, 0.4) is 0 Å². The lowest BCUT2D eigenvalue weighted by Gasteiger charge is -2.21. The predicted octanol–water partition coefficient (Wildman–Crippen LogP) is 22.4. The van der Waals surface area contributed by atoms with Gasteiger partial charge in [-0.15, -0.1) is 0 Å². The lowest BCUT2D eigenvalue weighted by molar-refractivity contribution is -0.161. The van der Waals surface area contributed by atoms with Gasteiger partial charge >= 0.3 is 39.5 Å². The molecule has 102 heavy (non-hydrogen) atoms. The van der Waals surface area contributed by atoms with E-state index in [2.05, 4.69) is 186 Å². The molecule has 0 spiro atoms. The van der Waals surface area contributed by atoms with Gasteiger partial charge in [0.1, 0.15) is 19.3 Å². The van der Waals surface area contributed by atoms with Crippen LogP contribution in [0.2, 0.25) is 0 Å². The molecule has 0 aromatic heterocycles. The highest BCUT2D eigenvalue weighted by molar-refractivity contribution is 7.47. The number of hydrogen-bond donors (Lipinski definition) is 3. The first kappa shape index (κ1) is 96.7. The normalized spacial score (nSPS) is 14.8. The Balaban J connectivity index is 5.46. The van der Waals surface area contributed by atoms with Crippen molar-refractivity contribution in [2.45, 2.75) is 303 Å². The zero-order chi connectivity index (χ0) is 74.6. The van der Waals surface area contributed by atoms with E-state index in [-0.39, 0.29) is 25.7 Å². The van der Waals surface area contributed by atoms with E-state index in [4.69, 9.17) is 37.0 Å². The summed E-state index contributed by atoms with van der Waals surface area (Å²) in [6.45, 7) is 4.37. The molecule has 0 fully saturated rings. The van der Waals surface area contributed by atoms with Crippen LogP contribution in [0.15, 0.2) is 158 Å². The van der Waals surface area contributed by atoms with Crippen LogP contribution < -0.4 is 0 Å². The number of carbonyl (C=O) groups is 4. The zero-order valence-corrected chi connectivity index (χ0v) is 65.0. The summed E-state index contributed by atoms with van der Waals surface area (Å²) in [5.74, 6) is -2.31. The van der Waals surface area contributed by atoms with Gasteiger partial charge in [0.05, 0.1) is 26.4 Å². The molecule has 580 valence electrons. The van der Waals surface area contributed by atoms with Crippen molar-refractivity contribution in [1.29, 1.82) is 0 Å². The number of carbonyl (C=O) groups excluding carboxylic acids is 4. The van der Waals surface area contributed by atoms with Gasteiger partial charge in [-0.05, 0) is 167 Å². The smallest absolute Gasteiger partial charge is 0.462 e. The van der Waals surface area contributed by atoms with Crippen molar-refractivity contribution in [1.82, 2.24) is 0 Å². The predicted molar refractivity (Wildman–Crippen MR) is 417 cm³/mol. The maximum atomic E-state index is 13.1. The molecule has 5 unspecified atom stereocenters. The Morgan fingerprint density at radius 2 is 0.510 bits per heavy atom. The quantitative estimate of drug-likeness (QED) is 0.0169. The van der Waals surface area contributed by atoms with E-state index in [1.54, 1.807) is 0 Å². The number of rotatable bonds is 71. The molecule has 0 aliphatic rings. The van der Waals surface area contributed by atoms with Gasteiger partial charge in [0.25, 0.3) is 0 Å². The Hall–Kier alpha value is -5.32. The van der Waals surface area contributed by atoms with Crippen molar-refractivity contribution < 1.29 is 80.2 Å². The Morgan fingerprint density at radius 1 is 0.284 bits per heavy atom. The maximum Gasteiger partial charge on any atom is 0.472 e. The van der Waals surface area contributed by atoms with Crippen LogP contribution in [0.25, 0.3) is 0 Å². The van der Waals surface area contributed by atoms with Crippen LogP contribution in [-0.2, 0) is 65.4 Å². The zero-order valence-electron chi connectivity index (χ0n) is 63.2. The highest BCUT2D eigenvalue weighted by atomic mass is 31.2. The van der Waals surface area contributed by atoms with Gasteiger partial charge in [-0.1, -0.05) is 250 Å². The van der Waals surface area contributed by atoms with Crippen LogP contribution in [-0.4, -0.2) is 96.7 Å². The lowest BCUT2D eigenvalue weighted by Crippen LogP contribution is -2.30. The van der Waals surface area contributed by atoms with Gasteiger partial charge in [0, 0.05) is 25.7 Å². The average molecular weight is 1470 g/mol. The fourth-order valence-electron chi connectivity index (χ4n) is 9.66. The van der Waals surface area contributed by atoms with Crippen LogP contribution in [0.4, 0.5) is 0 Å². The molecule has 0 rings (SSSR count). The van der Waals surface area contributed by atoms with E-state index in [0.29, 0.717) is 32.1 Å². The molecule has 5 atom stereocenters. The molecule has 3 N–H and O–H groups in total. The fraction of sp³-hybridized carbons (Fsp3) is 0.639. The SMILES string of the molecule is CC/C=C\C/C=C\C/C=C\C/C=C\CCCCC(=O)OCC(COP(=O)(O)OCC(O)COP(=O)(O)OCC(COC(=O)CCCCCCCCC/C=C\C/C=C\C/C=C\CC)OC(=O)CCCC/C=C\C/C=C\C/C=C\C/C=C\CC)OC(=O)CCCCCCC/C=C\C/C=C\CCCCC. The average Bonchev–Trinajstić information content (AvgIpc) is 0.926. The van der Waals surface area contributed by atoms with E-state index in [9.17, 15) is 43.2 Å². The summed E-state index contributed by atoms with van der Waals surface area (Å²) < 4.78 is 68.4. The van der Waals surface area contributed by atoms with E-state index in [1.165, 1.54) is 19.3 Å². The Bertz CT molecular complexity index is 2550. The Labute approximate surface area is 617 Å². The van der Waals surface area contributed by atoms with E-state index in [0.717, 1.165) is 180 Å². The third-order valence-electron chi connectivity index (χ3n) is 15.5. The third-order valence-corrected chi connectivity index (χ3v) is 17.4. The third kappa shape index (κ3) is 73.0. The van der Waals surface area contributed by atoms with Crippen molar-refractivity contribution in [2.75, 3.05) is 39.6 Å². The van der Waals surface area contributed by atoms with Crippen molar-refractivity contribution >= 4 is 39.5 Å². The van der Waals surface area contributed by atoms with Crippen LogP contribution >= 0.6 is 15.6 Å². The molecule has 0 aromatic rings. The molecule has 0 saturated carbocycles. The minimum atomic E-state index is -5.00. The number of unbranched alkanes of at least 4 members (excludes halogenated alkanes) is 19. The molecule has 0 heterocycles. The number of aliphatic hydroxyl groups excluding tert-OH is 1. The minimum Gasteiger partial charge on any atom is -0.462 e. The number of hydrogen-bond acceptors (Lipinski definition) is 15. The van der Waals surface area contributed by atoms with Crippen molar-refractivity contribution in [3.63, 3.8) is 0 Å². The monoisotopic (exact) mass is 1470 g/mol. The molecule has 17 nitrogen and oxygen atoms in total. The molecule has 0 saturated heterocycles. The number of ether oxygens (including phenoxy) is 4. The van der Waals surface area contributed by atoms with E-state index >= 15 is 0 Å². The summed E-state index contributed by atoms with van der Waals surface area (Å²) in [6.07, 6.45) is 85.2. The Morgan fingerprint density at radius 3 is 0.804 bits per heavy atom. The molecule has 0 aromatic carbocycles. The molecule has 0 aliphatic heterocycles. The van der Waals surface area contributed by atoms with Crippen LogP contribution in [0.1, 0.15) is 285 Å². The molecule has 0 aliphatic carbocycles. The number of allylic oxidation sites excluding steroid dienone is 26. The van der Waals surface area contributed by atoms with Gasteiger partial charge in [0.2, 0.25) is 0 Å². The first-order chi connectivity index (χ1) is 49.7. The second-order valence-electron chi connectivity index (χ2n) is 25.1. The van der Waals surface area contributed by atoms with Crippen LogP contribution in [0, 0.1) is 0 Å². The molecule has 0 bridgehead atoms. The van der Waals surface area contributed by atoms with Gasteiger partial charge < -0.3 is 33.8 Å². The minimum absolute atomic E-state index is 0.0342. The van der Waals surface area contributed by atoms with Gasteiger partial charge in [-0.3, -0.25) is 37.3 Å². The number of aliphatic hydroxyl groups is 1. The first-order valence-electron chi connectivity index (χ1n) is 38.7. The van der Waals surface area contributed by atoms with Gasteiger partial charge in [-0.2, -0.15) is 0 Å². The lowest BCUT2D eigenvalue weighted by atomic mass is 10.1. The van der Waals surface area contributed by atoms with Crippen molar-refractivity contribution in [3.05, 3.63) is 158 Å². The molecular formula is C83H136O17P2. The second kappa shape index (κ2) is 74.0. The van der Waals surface area contributed by atoms with Gasteiger partial charge in [0.15, 0.2) is 12.2 Å². The number of phosphoric ester groups is 2. The summed E-state index contributed by atoms with van der Waals surface area (Å²) >= 11 is 0. The molecule has 19 heteroatoms. The van der Waals surface area contributed by atoms with Crippen molar-refractivity contribution in [3.8, 4) is 0 Å². The summed E-state index contributed by atoms with van der Waals surface area (Å²) in [6, 6.07) is 0. The molecular weight excluding hydrogens is 1330 g/mol.